The third-order valence-corrected chi connectivity index (χ3v) is 9.35. The molecule has 2 heterocycles. The minimum atomic E-state index is -0.0506. The molecule has 0 atom stereocenters. The molecule has 0 saturated heterocycles. The van der Waals surface area contributed by atoms with Crippen molar-refractivity contribution >= 4 is 21.9 Å². The Morgan fingerprint density at radius 3 is 1.76 bits per heavy atom. The van der Waals surface area contributed by atoms with Gasteiger partial charge >= 0.3 is 0 Å². The standard InChI is InChI=1S/C42H29N3O/c1-42(2)35-19-10-9-16-30(35)31-22-20-29(25-36(31)42)28-21-23-37-34(24-28)32-17-11-18-33(38(32)46-37)41-44-39(26-12-5-3-6-13-26)43-40(45-41)27-14-7-4-8-15-27/h3-25H,1-2H3. The van der Waals surface area contributed by atoms with Crippen molar-refractivity contribution < 1.29 is 4.42 Å². The Morgan fingerprint density at radius 1 is 0.435 bits per heavy atom. The summed E-state index contributed by atoms with van der Waals surface area (Å²) in [6.45, 7) is 4.65. The maximum atomic E-state index is 6.57. The van der Waals surface area contributed by atoms with Crippen molar-refractivity contribution in [2.24, 2.45) is 0 Å². The van der Waals surface area contributed by atoms with Gasteiger partial charge in [0.15, 0.2) is 17.5 Å². The Morgan fingerprint density at radius 2 is 1.02 bits per heavy atom. The largest absolute Gasteiger partial charge is 0.455 e. The fourth-order valence-electron chi connectivity index (χ4n) is 6.97. The van der Waals surface area contributed by atoms with E-state index in [0.717, 1.165) is 44.2 Å². The van der Waals surface area contributed by atoms with E-state index in [9.17, 15) is 0 Å². The zero-order chi connectivity index (χ0) is 30.8. The quantitative estimate of drug-likeness (QED) is 0.204. The van der Waals surface area contributed by atoms with Crippen LogP contribution in [-0.4, -0.2) is 15.0 Å². The molecule has 0 bridgehead atoms. The lowest BCUT2D eigenvalue weighted by molar-refractivity contribution is 0.660. The molecule has 2 aromatic heterocycles. The van der Waals surface area contributed by atoms with Gasteiger partial charge < -0.3 is 4.42 Å². The summed E-state index contributed by atoms with van der Waals surface area (Å²) in [7, 11) is 0. The van der Waals surface area contributed by atoms with E-state index in [2.05, 4.69) is 86.6 Å². The number of rotatable bonds is 4. The third-order valence-electron chi connectivity index (χ3n) is 9.35. The van der Waals surface area contributed by atoms with Crippen LogP contribution in [0.1, 0.15) is 25.0 Å². The summed E-state index contributed by atoms with van der Waals surface area (Å²) in [5.74, 6) is 1.83. The predicted octanol–water partition coefficient (Wildman–Crippen LogP) is 10.7. The molecule has 0 fully saturated rings. The highest BCUT2D eigenvalue weighted by Crippen LogP contribution is 2.49. The van der Waals surface area contributed by atoms with Gasteiger partial charge in [-0.2, -0.15) is 0 Å². The predicted molar refractivity (Wildman–Crippen MR) is 186 cm³/mol. The van der Waals surface area contributed by atoms with E-state index in [1.54, 1.807) is 0 Å². The van der Waals surface area contributed by atoms with Crippen LogP contribution in [0.15, 0.2) is 144 Å². The molecular weight excluding hydrogens is 562 g/mol. The summed E-state index contributed by atoms with van der Waals surface area (Å²) in [6, 6.07) is 48.4. The van der Waals surface area contributed by atoms with E-state index in [4.69, 9.17) is 19.4 Å². The molecule has 6 aromatic carbocycles. The van der Waals surface area contributed by atoms with Crippen molar-refractivity contribution in [3.8, 4) is 56.4 Å². The molecule has 46 heavy (non-hydrogen) atoms. The molecule has 0 amide bonds. The highest BCUT2D eigenvalue weighted by Gasteiger charge is 2.35. The van der Waals surface area contributed by atoms with Crippen molar-refractivity contribution in [3.05, 3.63) is 151 Å². The van der Waals surface area contributed by atoms with Crippen molar-refractivity contribution in [2.75, 3.05) is 0 Å². The van der Waals surface area contributed by atoms with Crippen LogP contribution in [-0.2, 0) is 5.41 Å². The van der Waals surface area contributed by atoms with Crippen molar-refractivity contribution in [1.82, 2.24) is 15.0 Å². The summed E-state index contributed by atoms with van der Waals surface area (Å²) in [5, 5.41) is 2.10. The van der Waals surface area contributed by atoms with Gasteiger partial charge in [0, 0.05) is 27.3 Å². The number of nitrogens with zero attached hydrogens (tertiary/aromatic N) is 3. The first kappa shape index (κ1) is 26.5. The second kappa shape index (κ2) is 10.1. The first-order chi connectivity index (χ1) is 22.5. The van der Waals surface area contributed by atoms with E-state index >= 15 is 0 Å². The molecule has 0 aliphatic heterocycles. The van der Waals surface area contributed by atoms with Gasteiger partial charge in [0.1, 0.15) is 11.2 Å². The van der Waals surface area contributed by atoms with E-state index in [0.29, 0.717) is 17.5 Å². The second-order valence-electron chi connectivity index (χ2n) is 12.5. The van der Waals surface area contributed by atoms with Crippen LogP contribution in [0.3, 0.4) is 0 Å². The van der Waals surface area contributed by atoms with Gasteiger partial charge in [0.05, 0.1) is 5.56 Å². The zero-order valence-electron chi connectivity index (χ0n) is 25.5. The van der Waals surface area contributed by atoms with E-state index in [1.165, 1.54) is 27.8 Å². The van der Waals surface area contributed by atoms with Crippen LogP contribution < -0.4 is 0 Å². The van der Waals surface area contributed by atoms with Crippen molar-refractivity contribution in [2.45, 2.75) is 19.3 Å². The highest BCUT2D eigenvalue weighted by molar-refractivity contribution is 6.10. The fourth-order valence-corrected chi connectivity index (χ4v) is 6.97. The number of benzene rings is 6. The Kier molecular flexibility index (Phi) is 5.81. The number of para-hydroxylation sites is 1. The summed E-state index contributed by atoms with van der Waals surface area (Å²) < 4.78 is 6.57. The first-order valence-corrected chi connectivity index (χ1v) is 15.6. The van der Waals surface area contributed by atoms with E-state index < -0.39 is 0 Å². The lowest BCUT2D eigenvalue weighted by Crippen LogP contribution is -2.14. The highest BCUT2D eigenvalue weighted by atomic mass is 16.3. The van der Waals surface area contributed by atoms with Crippen LogP contribution in [0.25, 0.3) is 78.4 Å². The number of furan rings is 1. The molecule has 0 unspecified atom stereocenters. The monoisotopic (exact) mass is 591 g/mol. The maximum Gasteiger partial charge on any atom is 0.167 e. The summed E-state index contributed by atoms with van der Waals surface area (Å²) in [6.07, 6.45) is 0. The Hall–Kier alpha value is -5.87. The topological polar surface area (TPSA) is 51.8 Å². The number of hydrogen-bond acceptors (Lipinski definition) is 4. The van der Waals surface area contributed by atoms with Gasteiger partial charge in [-0.3, -0.25) is 0 Å². The molecular formula is C42H29N3O. The van der Waals surface area contributed by atoms with Crippen molar-refractivity contribution in [3.63, 3.8) is 0 Å². The van der Waals surface area contributed by atoms with Crippen LogP contribution in [0.5, 0.6) is 0 Å². The minimum absolute atomic E-state index is 0.0506. The fraction of sp³-hybridized carbons (Fsp3) is 0.0714. The summed E-state index contributed by atoms with van der Waals surface area (Å²) in [5.41, 5.74) is 12.0. The van der Waals surface area contributed by atoms with Gasteiger partial charge in [0.25, 0.3) is 0 Å². The lowest BCUT2D eigenvalue weighted by Gasteiger charge is -2.22. The van der Waals surface area contributed by atoms with Crippen LogP contribution >= 0.6 is 0 Å². The molecule has 0 radical (unpaired) electrons. The van der Waals surface area contributed by atoms with Gasteiger partial charge in [0.2, 0.25) is 0 Å². The van der Waals surface area contributed by atoms with Gasteiger partial charge in [-0.15, -0.1) is 0 Å². The molecule has 0 spiro atoms. The summed E-state index contributed by atoms with van der Waals surface area (Å²) in [4.78, 5) is 14.8. The van der Waals surface area contributed by atoms with Gasteiger partial charge in [-0.25, -0.2) is 15.0 Å². The minimum Gasteiger partial charge on any atom is -0.455 e. The molecule has 9 rings (SSSR count). The Labute approximate surface area is 267 Å². The van der Waals surface area contributed by atoms with Crippen LogP contribution in [0.4, 0.5) is 0 Å². The molecule has 4 nitrogen and oxygen atoms in total. The molecule has 4 heteroatoms. The molecule has 8 aromatic rings. The molecule has 0 N–H and O–H groups in total. The van der Waals surface area contributed by atoms with Gasteiger partial charge in [-0.1, -0.05) is 129 Å². The zero-order valence-corrected chi connectivity index (χ0v) is 25.5. The smallest absolute Gasteiger partial charge is 0.167 e. The Balaban J connectivity index is 1.19. The third kappa shape index (κ3) is 4.11. The van der Waals surface area contributed by atoms with Crippen molar-refractivity contribution in [1.29, 1.82) is 0 Å². The molecule has 218 valence electrons. The normalized spacial score (nSPS) is 13.2. The SMILES string of the molecule is CC1(C)c2ccccc2-c2ccc(-c3ccc4oc5c(-c6nc(-c7ccccc7)nc(-c7ccccc7)n6)cccc5c4c3)cc21. The number of hydrogen-bond donors (Lipinski definition) is 0. The van der Waals surface area contributed by atoms with Crippen LogP contribution in [0.2, 0.25) is 0 Å². The maximum absolute atomic E-state index is 6.57. The number of fused-ring (bicyclic) bond motifs is 6. The van der Waals surface area contributed by atoms with Gasteiger partial charge in [-0.05, 0) is 57.6 Å². The average molecular weight is 592 g/mol. The molecule has 0 saturated carbocycles. The molecule has 1 aliphatic carbocycles. The summed E-state index contributed by atoms with van der Waals surface area (Å²) >= 11 is 0. The first-order valence-electron chi connectivity index (χ1n) is 15.6. The van der Waals surface area contributed by atoms with E-state index in [-0.39, 0.29) is 5.41 Å². The second-order valence-corrected chi connectivity index (χ2v) is 12.5. The van der Waals surface area contributed by atoms with Crippen LogP contribution in [0, 0.1) is 0 Å². The number of aromatic nitrogens is 3. The van der Waals surface area contributed by atoms with E-state index in [1.807, 2.05) is 66.7 Å². The average Bonchev–Trinajstić information content (AvgIpc) is 3.60. The lowest BCUT2D eigenvalue weighted by atomic mass is 9.81. The molecule has 1 aliphatic rings. The Bertz CT molecular complexity index is 2380.